The van der Waals surface area contributed by atoms with E-state index < -0.39 is 0 Å². The molecule has 148 valence electrons. The third-order valence-electron chi connectivity index (χ3n) is 6.99. The predicted molar refractivity (Wildman–Crippen MR) is 106 cm³/mol. The van der Waals surface area contributed by atoms with Gasteiger partial charge in [-0.3, -0.25) is 9.80 Å². The Hall–Kier alpha value is -1.30. The van der Waals surface area contributed by atoms with Crippen LogP contribution in [0.25, 0.3) is 0 Å². The Kier molecular flexibility index (Phi) is 5.25. The average Bonchev–Trinajstić information content (AvgIpc) is 3.13. The molecule has 0 N–H and O–H groups in total. The summed E-state index contributed by atoms with van der Waals surface area (Å²) >= 11 is 0. The fraction of sp³-hybridized carbons (Fsp3) is 0.727. The van der Waals surface area contributed by atoms with Crippen molar-refractivity contribution in [2.75, 3.05) is 52.6 Å². The molecular weight excluding hydrogens is 338 g/mol. The van der Waals surface area contributed by atoms with Crippen LogP contribution in [0.3, 0.4) is 0 Å². The topological polar surface area (TPSA) is 28.2 Å². The smallest absolute Gasteiger partial charge is 0.231 e. The van der Waals surface area contributed by atoms with Gasteiger partial charge >= 0.3 is 0 Å². The van der Waals surface area contributed by atoms with Crippen LogP contribution >= 0.6 is 0 Å². The Morgan fingerprint density at radius 3 is 2.52 bits per heavy atom. The van der Waals surface area contributed by atoms with Crippen molar-refractivity contribution in [2.24, 2.45) is 5.92 Å². The fourth-order valence-corrected chi connectivity index (χ4v) is 5.12. The number of ether oxygens (including phenoxy) is 2. The van der Waals surface area contributed by atoms with Crippen LogP contribution in [0.15, 0.2) is 18.2 Å². The molecule has 1 atom stereocenters. The Labute approximate surface area is 163 Å². The summed E-state index contributed by atoms with van der Waals surface area (Å²) in [6.45, 7) is 10.1. The number of hydrogen-bond acceptors (Lipinski definition) is 5. The summed E-state index contributed by atoms with van der Waals surface area (Å²) in [7, 11) is 0. The zero-order valence-electron chi connectivity index (χ0n) is 16.4. The molecule has 0 aromatic heterocycles. The Morgan fingerprint density at radius 2 is 1.70 bits per heavy atom. The number of fused-ring (bicyclic) bond motifs is 1. The van der Waals surface area contributed by atoms with Gasteiger partial charge in [-0.2, -0.15) is 0 Å². The van der Waals surface area contributed by atoms with Gasteiger partial charge in [-0.05, 0) is 55.8 Å². The predicted octanol–water partition coefficient (Wildman–Crippen LogP) is 2.80. The van der Waals surface area contributed by atoms with E-state index >= 15 is 0 Å². The summed E-state index contributed by atoms with van der Waals surface area (Å²) in [5.41, 5.74) is 1.33. The minimum Gasteiger partial charge on any atom is -0.454 e. The monoisotopic (exact) mass is 371 g/mol. The lowest BCUT2D eigenvalue weighted by Gasteiger charge is -2.44. The highest BCUT2D eigenvalue weighted by atomic mass is 16.7. The SMILES string of the molecule is c1cc2c(cc1CN1CCN(C3CCCN(CC4CCC4)C3)CC1)OCO2. The molecule has 0 spiro atoms. The largest absolute Gasteiger partial charge is 0.454 e. The molecule has 3 fully saturated rings. The van der Waals surface area contributed by atoms with Gasteiger partial charge in [0.15, 0.2) is 11.5 Å². The van der Waals surface area contributed by atoms with Gasteiger partial charge in [-0.25, -0.2) is 0 Å². The normalized spacial score (nSPS) is 27.6. The highest BCUT2D eigenvalue weighted by Crippen LogP contribution is 2.33. The van der Waals surface area contributed by atoms with Gasteiger partial charge in [0.05, 0.1) is 0 Å². The molecule has 1 saturated carbocycles. The van der Waals surface area contributed by atoms with E-state index in [4.69, 9.17) is 9.47 Å². The maximum absolute atomic E-state index is 5.52. The van der Waals surface area contributed by atoms with Crippen LogP contribution < -0.4 is 9.47 Å². The third kappa shape index (κ3) is 4.10. The van der Waals surface area contributed by atoms with Gasteiger partial charge in [-0.1, -0.05) is 12.5 Å². The van der Waals surface area contributed by atoms with E-state index in [2.05, 4.69) is 26.8 Å². The molecule has 0 radical (unpaired) electrons. The standard InChI is InChI=1S/C22H33N3O2/c1-3-18(4-1)14-24-8-2-5-20(16-24)25-11-9-23(10-12-25)15-19-6-7-21-22(13-19)27-17-26-21/h6-7,13,18,20H,1-5,8-12,14-17H2. The van der Waals surface area contributed by atoms with Crippen LogP contribution in [0.2, 0.25) is 0 Å². The Bertz CT molecular complexity index is 640. The van der Waals surface area contributed by atoms with E-state index in [-0.39, 0.29) is 0 Å². The van der Waals surface area contributed by atoms with Gasteiger partial charge in [0.1, 0.15) is 0 Å². The van der Waals surface area contributed by atoms with Gasteiger partial charge in [0, 0.05) is 51.9 Å². The molecule has 2 saturated heterocycles. The van der Waals surface area contributed by atoms with Gasteiger partial charge in [0.25, 0.3) is 0 Å². The number of likely N-dealkylation sites (tertiary alicyclic amines) is 1. The summed E-state index contributed by atoms with van der Waals surface area (Å²) < 4.78 is 10.9. The second kappa shape index (κ2) is 7.98. The molecule has 3 aliphatic heterocycles. The Morgan fingerprint density at radius 1 is 0.852 bits per heavy atom. The maximum atomic E-state index is 5.52. The van der Waals surface area contributed by atoms with Crippen molar-refractivity contribution >= 4 is 0 Å². The van der Waals surface area contributed by atoms with E-state index in [0.29, 0.717) is 6.79 Å². The molecule has 1 aliphatic carbocycles. The van der Waals surface area contributed by atoms with Crippen molar-refractivity contribution < 1.29 is 9.47 Å². The lowest BCUT2D eigenvalue weighted by molar-refractivity contribution is 0.0405. The molecule has 1 unspecified atom stereocenters. The first-order valence-electron chi connectivity index (χ1n) is 10.9. The van der Waals surface area contributed by atoms with Crippen LogP contribution in [0.1, 0.15) is 37.7 Å². The summed E-state index contributed by atoms with van der Waals surface area (Å²) in [4.78, 5) is 8.11. The first kappa shape index (κ1) is 17.8. The van der Waals surface area contributed by atoms with Crippen molar-refractivity contribution in [1.29, 1.82) is 0 Å². The van der Waals surface area contributed by atoms with E-state index in [1.807, 2.05) is 6.07 Å². The van der Waals surface area contributed by atoms with Crippen molar-refractivity contribution in [3.63, 3.8) is 0 Å². The number of rotatable bonds is 5. The van der Waals surface area contributed by atoms with Crippen molar-refractivity contribution in [3.05, 3.63) is 23.8 Å². The molecule has 0 amide bonds. The van der Waals surface area contributed by atoms with E-state index in [9.17, 15) is 0 Å². The highest BCUT2D eigenvalue weighted by molar-refractivity contribution is 5.44. The molecule has 5 rings (SSSR count). The van der Waals surface area contributed by atoms with Crippen LogP contribution in [-0.2, 0) is 6.54 Å². The first-order valence-corrected chi connectivity index (χ1v) is 10.9. The minimum atomic E-state index is 0.358. The number of piperidine rings is 1. The summed E-state index contributed by atoms with van der Waals surface area (Å²) in [5, 5.41) is 0. The van der Waals surface area contributed by atoms with Crippen LogP contribution in [0.5, 0.6) is 11.5 Å². The number of nitrogens with zero attached hydrogens (tertiary/aromatic N) is 3. The molecular formula is C22H33N3O2. The van der Waals surface area contributed by atoms with Crippen LogP contribution in [0, 0.1) is 5.92 Å². The molecule has 3 heterocycles. The molecule has 0 bridgehead atoms. The molecule has 4 aliphatic rings. The van der Waals surface area contributed by atoms with E-state index in [1.54, 1.807) is 0 Å². The van der Waals surface area contributed by atoms with E-state index in [1.165, 1.54) is 83.5 Å². The lowest BCUT2D eigenvalue weighted by atomic mass is 9.84. The molecule has 5 heteroatoms. The first-order chi connectivity index (χ1) is 13.3. The fourth-order valence-electron chi connectivity index (χ4n) is 5.12. The highest BCUT2D eigenvalue weighted by Gasteiger charge is 2.30. The van der Waals surface area contributed by atoms with Crippen molar-refractivity contribution in [1.82, 2.24) is 14.7 Å². The van der Waals surface area contributed by atoms with Gasteiger partial charge in [-0.15, -0.1) is 0 Å². The van der Waals surface area contributed by atoms with Crippen molar-refractivity contribution in [2.45, 2.75) is 44.7 Å². The number of hydrogen-bond donors (Lipinski definition) is 0. The number of benzene rings is 1. The van der Waals surface area contributed by atoms with Gasteiger partial charge < -0.3 is 14.4 Å². The Balaban J connectivity index is 1.10. The molecule has 1 aromatic rings. The zero-order valence-corrected chi connectivity index (χ0v) is 16.4. The van der Waals surface area contributed by atoms with Gasteiger partial charge in [0.2, 0.25) is 6.79 Å². The second-order valence-electron chi connectivity index (χ2n) is 8.85. The molecule has 27 heavy (non-hydrogen) atoms. The van der Waals surface area contributed by atoms with Crippen LogP contribution in [-0.4, -0.2) is 73.3 Å². The summed E-state index contributed by atoms with van der Waals surface area (Å²) in [6, 6.07) is 7.16. The summed E-state index contributed by atoms with van der Waals surface area (Å²) in [5.74, 6) is 2.79. The number of piperazine rings is 1. The van der Waals surface area contributed by atoms with Crippen molar-refractivity contribution in [3.8, 4) is 11.5 Å². The quantitative estimate of drug-likeness (QED) is 0.794. The maximum Gasteiger partial charge on any atom is 0.231 e. The summed E-state index contributed by atoms with van der Waals surface area (Å²) in [6.07, 6.45) is 7.19. The van der Waals surface area contributed by atoms with Crippen LogP contribution in [0.4, 0.5) is 0 Å². The lowest BCUT2D eigenvalue weighted by Crippen LogP contribution is -2.55. The zero-order chi connectivity index (χ0) is 18.1. The second-order valence-corrected chi connectivity index (χ2v) is 8.85. The third-order valence-corrected chi connectivity index (χ3v) is 6.99. The van der Waals surface area contributed by atoms with E-state index in [0.717, 1.165) is 30.0 Å². The molecule has 1 aromatic carbocycles. The molecule has 5 nitrogen and oxygen atoms in total. The average molecular weight is 372 g/mol. The minimum absolute atomic E-state index is 0.358.